The topological polar surface area (TPSA) is 89.5 Å². The van der Waals surface area contributed by atoms with Crippen LogP contribution in [0.25, 0.3) is 10.9 Å². The third-order valence-corrected chi connectivity index (χ3v) is 5.49. The molecule has 1 aromatic heterocycles. The second-order valence-corrected chi connectivity index (χ2v) is 7.35. The number of nitrogens with zero attached hydrogens (tertiary/aromatic N) is 1. The standard InChI is InChI=1S/C22H23N3O4S/c1-4-14-11-16-7-10-18(29-3)12-19(16)23-22(14)30-13-20(26)24-25-21(27)15-5-8-17(28-2)9-6-15/h5-12H,4,13H2,1-3H3,(H,24,26)(H,25,27). The average molecular weight is 426 g/mol. The summed E-state index contributed by atoms with van der Waals surface area (Å²) in [7, 11) is 3.17. The molecule has 0 spiro atoms. The van der Waals surface area contributed by atoms with Crippen molar-refractivity contribution in [3.05, 3.63) is 59.7 Å². The molecule has 0 saturated heterocycles. The SMILES string of the molecule is CCc1cc2ccc(OC)cc2nc1SCC(=O)NNC(=O)c1ccc(OC)cc1. The second-order valence-electron chi connectivity index (χ2n) is 6.38. The zero-order valence-corrected chi connectivity index (χ0v) is 17.8. The summed E-state index contributed by atoms with van der Waals surface area (Å²) < 4.78 is 10.3. The number of rotatable bonds is 7. The number of benzene rings is 2. The third-order valence-electron chi connectivity index (χ3n) is 4.45. The van der Waals surface area contributed by atoms with Crippen LogP contribution in [0.2, 0.25) is 0 Å². The van der Waals surface area contributed by atoms with Crippen molar-refractivity contribution in [2.45, 2.75) is 18.4 Å². The van der Waals surface area contributed by atoms with Crippen LogP contribution in [0.4, 0.5) is 0 Å². The van der Waals surface area contributed by atoms with Crippen molar-refractivity contribution >= 4 is 34.5 Å². The van der Waals surface area contributed by atoms with Crippen molar-refractivity contribution in [3.63, 3.8) is 0 Å². The zero-order valence-electron chi connectivity index (χ0n) is 17.0. The van der Waals surface area contributed by atoms with Gasteiger partial charge in [0.05, 0.1) is 25.5 Å². The molecule has 2 N–H and O–H groups in total. The van der Waals surface area contributed by atoms with E-state index in [2.05, 4.69) is 21.9 Å². The number of nitrogens with one attached hydrogen (secondary N) is 2. The Hall–Kier alpha value is -3.26. The predicted molar refractivity (Wildman–Crippen MR) is 117 cm³/mol. The number of hydrogen-bond acceptors (Lipinski definition) is 6. The lowest BCUT2D eigenvalue weighted by atomic mass is 10.1. The minimum Gasteiger partial charge on any atom is -0.497 e. The molecule has 0 saturated carbocycles. The molecule has 3 rings (SSSR count). The van der Waals surface area contributed by atoms with Gasteiger partial charge in [-0.1, -0.05) is 18.7 Å². The fraction of sp³-hybridized carbons (Fsp3) is 0.227. The van der Waals surface area contributed by atoms with Crippen LogP contribution in [-0.2, 0) is 11.2 Å². The first kappa shape index (κ1) is 21.4. The summed E-state index contributed by atoms with van der Waals surface area (Å²) in [6.07, 6.45) is 0.799. The number of aromatic nitrogens is 1. The molecule has 0 atom stereocenters. The number of carbonyl (C=O) groups excluding carboxylic acids is 2. The summed E-state index contributed by atoms with van der Waals surface area (Å²) in [5.41, 5.74) is 7.14. The first-order chi connectivity index (χ1) is 14.5. The van der Waals surface area contributed by atoms with E-state index in [0.717, 1.165) is 33.7 Å². The zero-order chi connectivity index (χ0) is 21.5. The Balaban J connectivity index is 1.60. The minimum atomic E-state index is -0.402. The maximum atomic E-state index is 12.2. The van der Waals surface area contributed by atoms with E-state index >= 15 is 0 Å². The highest BCUT2D eigenvalue weighted by molar-refractivity contribution is 7.99. The molecule has 156 valence electrons. The lowest BCUT2D eigenvalue weighted by Gasteiger charge is -2.11. The van der Waals surface area contributed by atoms with Crippen LogP contribution in [0.1, 0.15) is 22.8 Å². The first-order valence-electron chi connectivity index (χ1n) is 9.37. The Morgan fingerprint density at radius 1 is 0.967 bits per heavy atom. The Kier molecular flexibility index (Phi) is 7.13. The van der Waals surface area contributed by atoms with Gasteiger partial charge in [0.2, 0.25) is 5.91 Å². The van der Waals surface area contributed by atoms with E-state index in [0.29, 0.717) is 11.3 Å². The molecule has 8 heteroatoms. The van der Waals surface area contributed by atoms with Crippen molar-refractivity contribution in [2.75, 3.05) is 20.0 Å². The Bertz CT molecular complexity index is 1050. The van der Waals surface area contributed by atoms with Crippen LogP contribution in [0.3, 0.4) is 0 Å². The number of carbonyl (C=O) groups is 2. The quantitative estimate of drug-likeness (QED) is 0.446. The van der Waals surface area contributed by atoms with Gasteiger partial charge in [-0.15, -0.1) is 0 Å². The number of thioether (sulfide) groups is 1. The largest absolute Gasteiger partial charge is 0.497 e. The molecule has 3 aromatic rings. The second kappa shape index (κ2) is 9.98. The lowest BCUT2D eigenvalue weighted by Crippen LogP contribution is -2.42. The molecule has 0 unspecified atom stereocenters. The van der Waals surface area contributed by atoms with Gasteiger partial charge in [0.15, 0.2) is 0 Å². The highest BCUT2D eigenvalue weighted by Crippen LogP contribution is 2.27. The summed E-state index contributed by atoms with van der Waals surface area (Å²) in [6.45, 7) is 2.05. The Morgan fingerprint density at radius 3 is 2.33 bits per heavy atom. The van der Waals surface area contributed by atoms with Crippen molar-refractivity contribution < 1.29 is 19.1 Å². The number of aryl methyl sites for hydroxylation is 1. The average Bonchev–Trinajstić information content (AvgIpc) is 2.80. The van der Waals surface area contributed by atoms with Crippen LogP contribution in [0.15, 0.2) is 53.6 Å². The van der Waals surface area contributed by atoms with Gasteiger partial charge in [0, 0.05) is 17.0 Å². The number of hydrazine groups is 1. The number of amides is 2. The maximum Gasteiger partial charge on any atom is 0.269 e. The molecule has 0 aliphatic rings. The number of hydrogen-bond donors (Lipinski definition) is 2. The summed E-state index contributed by atoms with van der Waals surface area (Å²) in [4.78, 5) is 29.0. The summed E-state index contributed by atoms with van der Waals surface area (Å²) >= 11 is 1.33. The van der Waals surface area contributed by atoms with Crippen LogP contribution in [0, 0.1) is 0 Å². The molecule has 0 aliphatic carbocycles. The summed E-state index contributed by atoms with van der Waals surface area (Å²) in [5, 5.41) is 1.81. The fourth-order valence-electron chi connectivity index (χ4n) is 2.79. The molecule has 0 bridgehead atoms. The number of pyridine rings is 1. The van der Waals surface area contributed by atoms with E-state index in [1.165, 1.54) is 11.8 Å². The van der Waals surface area contributed by atoms with Crippen molar-refractivity contribution in [2.24, 2.45) is 0 Å². The fourth-order valence-corrected chi connectivity index (χ4v) is 3.68. The van der Waals surface area contributed by atoms with Crippen LogP contribution >= 0.6 is 11.8 Å². The number of ether oxygens (including phenoxy) is 2. The third kappa shape index (κ3) is 5.21. The number of methoxy groups -OCH3 is 2. The van der Waals surface area contributed by atoms with Gasteiger partial charge < -0.3 is 9.47 Å². The van der Waals surface area contributed by atoms with E-state index < -0.39 is 5.91 Å². The van der Waals surface area contributed by atoms with Gasteiger partial charge in [-0.05, 0) is 54.4 Å². The van der Waals surface area contributed by atoms with E-state index in [9.17, 15) is 9.59 Å². The molecular formula is C22H23N3O4S. The molecule has 7 nitrogen and oxygen atoms in total. The molecule has 2 amide bonds. The van der Waals surface area contributed by atoms with Gasteiger partial charge in [0.25, 0.3) is 5.91 Å². The van der Waals surface area contributed by atoms with Crippen LogP contribution in [0.5, 0.6) is 11.5 Å². The minimum absolute atomic E-state index is 0.123. The molecular weight excluding hydrogens is 402 g/mol. The van der Waals surface area contributed by atoms with Crippen LogP contribution < -0.4 is 20.3 Å². The summed E-state index contributed by atoms with van der Waals surface area (Å²) in [6, 6.07) is 14.4. The van der Waals surface area contributed by atoms with Gasteiger partial charge in [-0.3, -0.25) is 20.4 Å². The first-order valence-corrected chi connectivity index (χ1v) is 10.4. The maximum absolute atomic E-state index is 12.2. The molecule has 0 aliphatic heterocycles. The Morgan fingerprint density at radius 2 is 1.67 bits per heavy atom. The van der Waals surface area contributed by atoms with E-state index in [-0.39, 0.29) is 11.7 Å². The molecule has 0 fully saturated rings. The smallest absolute Gasteiger partial charge is 0.269 e. The van der Waals surface area contributed by atoms with Gasteiger partial charge in [0.1, 0.15) is 16.5 Å². The molecule has 2 aromatic carbocycles. The van der Waals surface area contributed by atoms with Crippen LogP contribution in [-0.4, -0.2) is 36.8 Å². The highest BCUT2D eigenvalue weighted by atomic mass is 32.2. The van der Waals surface area contributed by atoms with E-state index in [4.69, 9.17) is 9.47 Å². The van der Waals surface area contributed by atoms with Crippen molar-refractivity contribution in [3.8, 4) is 11.5 Å². The number of fused-ring (bicyclic) bond motifs is 1. The van der Waals surface area contributed by atoms with E-state index in [1.54, 1.807) is 38.5 Å². The lowest BCUT2D eigenvalue weighted by molar-refractivity contribution is -0.119. The summed E-state index contributed by atoms with van der Waals surface area (Å²) in [5.74, 6) is 0.782. The van der Waals surface area contributed by atoms with Gasteiger partial charge in [-0.2, -0.15) is 0 Å². The normalized spacial score (nSPS) is 10.5. The van der Waals surface area contributed by atoms with Crippen molar-refractivity contribution in [1.82, 2.24) is 15.8 Å². The monoisotopic (exact) mass is 425 g/mol. The molecule has 1 heterocycles. The predicted octanol–water partition coefficient (Wildman–Crippen LogP) is 3.37. The highest BCUT2D eigenvalue weighted by Gasteiger charge is 2.12. The van der Waals surface area contributed by atoms with Gasteiger partial charge in [-0.25, -0.2) is 4.98 Å². The molecule has 0 radical (unpaired) electrons. The Labute approximate surface area is 179 Å². The van der Waals surface area contributed by atoms with E-state index in [1.807, 2.05) is 25.1 Å². The molecule has 30 heavy (non-hydrogen) atoms. The van der Waals surface area contributed by atoms with Crippen molar-refractivity contribution in [1.29, 1.82) is 0 Å². The van der Waals surface area contributed by atoms with Gasteiger partial charge >= 0.3 is 0 Å².